The minimum Gasteiger partial charge on any atom is -0.497 e. The van der Waals surface area contributed by atoms with Crippen molar-refractivity contribution in [2.24, 2.45) is 0 Å². The van der Waals surface area contributed by atoms with E-state index >= 15 is 0 Å². The first-order valence-corrected chi connectivity index (χ1v) is 6.45. The van der Waals surface area contributed by atoms with E-state index in [2.05, 4.69) is 4.74 Å². The van der Waals surface area contributed by atoms with E-state index in [-0.39, 0.29) is 5.75 Å². The van der Waals surface area contributed by atoms with E-state index in [1.807, 2.05) is 0 Å². The second-order valence-electron chi connectivity index (χ2n) is 4.24. The maximum absolute atomic E-state index is 12.2. The zero-order chi connectivity index (χ0) is 15.4. The molecule has 0 saturated heterocycles. The Morgan fingerprint density at radius 3 is 2.48 bits per heavy atom. The Morgan fingerprint density at radius 2 is 1.86 bits per heavy atom. The lowest BCUT2D eigenvalue weighted by Crippen LogP contribution is -2.04. The molecule has 0 fully saturated rings. The number of halogens is 3. The Labute approximate surface area is 125 Å². The molecule has 0 spiro atoms. The lowest BCUT2D eigenvalue weighted by molar-refractivity contribution is -0.0499. The molecule has 0 aliphatic rings. The van der Waals surface area contributed by atoms with Crippen molar-refractivity contribution >= 4 is 11.6 Å². The fraction of sp³-hybridized carbons (Fsp3) is 0.200. The van der Waals surface area contributed by atoms with E-state index in [9.17, 15) is 13.9 Å². The summed E-state index contributed by atoms with van der Waals surface area (Å²) in [4.78, 5) is 0. The van der Waals surface area contributed by atoms with Crippen LogP contribution in [0, 0.1) is 0 Å². The molecule has 112 valence electrons. The fourth-order valence-corrected chi connectivity index (χ4v) is 2.17. The van der Waals surface area contributed by atoms with Gasteiger partial charge in [-0.3, -0.25) is 0 Å². The van der Waals surface area contributed by atoms with Gasteiger partial charge in [0.05, 0.1) is 12.1 Å². The van der Waals surface area contributed by atoms with Crippen LogP contribution < -0.4 is 9.47 Å². The minimum absolute atomic E-state index is 0.0221. The van der Waals surface area contributed by atoms with E-state index < -0.39 is 12.7 Å². The van der Waals surface area contributed by atoms with Gasteiger partial charge in [0.15, 0.2) is 0 Å². The van der Waals surface area contributed by atoms with E-state index in [0.29, 0.717) is 21.9 Å². The molecule has 0 aliphatic heterocycles. The Morgan fingerprint density at radius 1 is 1.10 bits per heavy atom. The number of aliphatic hydroxyl groups is 1. The quantitative estimate of drug-likeness (QED) is 0.905. The van der Waals surface area contributed by atoms with Gasteiger partial charge in [-0.2, -0.15) is 8.78 Å². The number of hydrogen-bond donors (Lipinski definition) is 1. The molecule has 2 aromatic carbocycles. The highest BCUT2D eigenvalue weighted by molar-refractivity contribution is 6.31. The summed E-state index contributed by atoms with van der Waals surface area (Å²) < 4.78 is 33.7. The van der Waals surface area contributed by atoms with Crippen LogP contribution in [0.4, 0.5) is 8.78 Å². The third-order valence-corrected chi connectivity index (χ3v) is 3.23. The summed E-state index contributed by atoms with van der Waals surface area (Å²) in [6, 6.07) is 10.7. The number of aliphatic hydroxyl groups excluding tert-OH is 1. The lowest BCUT2D eigenvalue weighted by Gasteiger charge is -2.15. The van der Waals surface area contributed by atoms with Crippen LogP contribution in [0.2, 0.25) is 5.02 Å². The molecular weight excluding hydrogens is 302 g/mol. The van der Waals surface area contributed by atoms with Crippen LogP contribution in [-0.2, 0) is 0 Å². The number of methoxy groups -OCH3 is 1. The van der Waals surface area contributed by atoms with Crippen LogP contribution in [-0.4, -0.2) is 18.8 Å². The van der Waals surface area contributed by atoms with Crippen molar-refractivity contribution in [1.29, 1.82) is 0 Å². The number of alkyl halides is 2. The van der Waals surface area contributed by atoms with Crippen LogP contribution in [0.3, 0.4) is 0 Å². The SMILES string of the molecule is COc1ccc(C(O)c2cccc(OC(F)F)c2)c(Cl)c1. The number of ether oxygens (including phenoxy) is 2. The topological polar surface area (TPSA) is 38.7 Å². The molecule has 0 aliphatic carbocycles. The van der Waals surface area contributed by atoms with Gasteiger partial charge in [0.1, 0.15) is 17.6 Å². The van der Waals surface area contributed by atoms with E-state index in [1.54, 1.807) is 24.3 Å². The number of benzene rings is 2. The van der Waals surface area contributed by atoms with Crippen LogP contribution in [0.25, 0.3) is 0 Å². The molecule has 0 saturated carbocycles. The standard InChI is InChI=1S/C15H13ClF2O3/c1-20-10-5-6-12(13(16)8-10)14(19)9-3-2-4-11(7-9)21-15(17)18/h2-8,14-15,19H,1H3. The molecule has 0 aromatic heterocycles. The largest absolute Gasteiger partial charge is 0.497 e. The number of hydrogen-bond acceptors (Lipinski definition) is 3. The van der Waals surface area contributed by atoms with Crippen molar-refractivity contribution in [3.63, 3.8) is 0 Å². The smallest absolute Gasteiger partial charge is 0.387 e. The Kier molecular flexibility index (Phi) is 4.98. The molecule has 0 heterocycles. The van der Waals surface area contributed by atoms with Gasteiger partial charge < -0.3 is 14.6 Å². The van der Waals surface area contributed by atoms with Gasteiger partial charge in [-0.25, -0.2) is 0 Å². The molecule has 2 aromatic rings. The summed E-state index contributed by atoms with van der Waals surface area (Å²) in [5.74, 6) is 0.539. The van der Waals surface area contributed by atoms with Crippen molar-refractivity contribution in [3.8, 4) is 11.5 Å². The van der Waals surface area contributed by atoms with Crippen LogP contribution >= 0.6 is 11.6 Å². The molecule has 1 atom stereocenters. The maximum atomic E-state index is 12.2. The van der Waals surface area contributed by atoms with E-state index in [0.717, 1.165) is 0 Å². The summed E-state index contributed by atoms with van der Waals surface area (Å²) in [7, 11) is 1.51. The average molecular weight is 315 g/mol. The third kappa shape index (κ3) is 3.83. The normalized spacial score (nSPS) is 12.3. The molecule has 1 unspecified atom stereocenters. The van der Waals surface area contributed by atoms with Crippen molar-refractivity contribution in [3.05, 3.63) is 58.6 Å². The highest BCUT2D eigenvalue weighted by Crippen LogP contribution is 2.32. The zero-order valence-electron chi connectivity index (χ0n) is 11.1. The van der Waals surface area contributed by atoms with Gasteiger partial charge in [0.25, 0.3) is 0 Å². The molecular formula is C15H13ClF2O3. The summed E-state index contributed by atoms with van der Waals surface area (Å²) in [5, 5.41) is 10.6. The predicted octanol–water partition coefficient (Wildman–Crippen LogP) is 4.03. The van der Waals surface area contributed by atoms with Crippen molar-refractivity contribution in [2.45, 2.75) is 12.7 Å². The molecule has 0 bridgehead atoms. The van der Waals surface area contributed by atoms with Gasteiger partial charge in [0, 0.05) is 5.56 Å². The maximum Gasteiger partial charge on any atom is 0.387 e. The first-order valence-electron chi connectivity index (χ1n) is 6.07. The summed E-state index contributed by atoms with van der Waals surface area (Å²) in [5.41, 5.74) is 0.854. The first kappa shape index (κ1) is 15.5. The lowest BCUT2D eigenvalue weighted by atomic mass is 10.0. The molecule has 21 heavy (non-hydrogen) atoms. The average Bonchev–Trinajstić information content (AvgIpc) is 2.46. The summed E-state index contributed by atoms with van der Waals surface area (Å²) in [6.07, 6.45) is -1.05. The Bertz CT molecular complexity index is 620. The minimum atomic E-state index is -2.91. The van der Waals surface area contributed by atoms with E-state index in [4.69, 9.17) is 16.3 Å². The predicted molar refractivity (Wildman–Crippen MR) is 75.1 cm³/mol. The van der Waals surface area contributed by atoms with Crippen molar-refractivity contribution in [1.82, 2.24) is 0 Å². The highest BCUT2D eigenvalue weighted by atomic mass is 35.5. The molecule has 2 rings (SSSR count). The van der Waals surface area contributed by atoms with Gasteiger partial charge in [0.2, 0.25) is 0 Å². The molecule has 1 N–H and O–H groups in total. The van der Waals surface area contributed by atoms with Gasteiger partial charge in [-0.15, -0.1) is 0 Å². The molecule has 0 amide bonds. The second-order valence-corrected chi connectivity index (χ2v) is 4.65. The van der Waals surface area contributed by atoms with Crippen LogP contribution in [0.15, 0.2) is 42.5 Å². The van der Waals surface area contributed by atoms with Crippen LogP contribution in [0.1, 0.15) is 17.2 Å². The Balaban J connectivity index is 2.29. The van der Waals surface area contributed by atoms with Gasteiger partial charge >= 0.3 is 6.61 Å². The molecule has 6 heteroatoms. The Hall–Kier alpha value is -1.85. The van der Waals surface area contributed by atoms with Crippen LogP contribution in [0.5, 0.6) is 11.5 Å². The third-order valence-electron chi connectivity index (χ3n) is 2.90. The fourth-order valence-electron chi connectivity index (χ4n) is 1.90. The van der Waals surface area contributed by atoms with Crippen molar-refractivity contribution < 1.29 is 23.4 Å². The summed E-state index contributed by atoms with van der Waals surface area (Å²) in [6.45, 7) is -2.91. The van der Waals surface area contributed by atoms with Gasteiger partial charge in [-0.1, -0.05) is 29.8 Å². The second kappa shape index (κ2) is 6.74. The van der Waals surface area contributed by atoms with E-state index in [1.165, 1.54) is 25.3 Å². The monoisotopic (exact) mass is 314 g/mol. The molecule has 3 nitrogen and oxygen atoms in total. The highest BCUT2D eigenvalue weighted by Gasteiger charge is 2.16. The summed E-state index contributed by atoms with van der Waals surface area (Å²) >= 11 is 6.09. The number of rotatable bonds is 5. The first-order chi connectivity index (χ1) is 10.0. The van der Waals surface area contributed by atoms with Gasteiger partial charge in [-0.05, 0) is 29.8 Å². The van der Waals surface area contributed by atoms with Crippen molar-refractivity contribution in [2.75, 3.05) is 7.11 Å². The zero-order valence-corrected chi connectivity index (χ0v) is 11.8. The molecule has 0 radical (unpaired) electrons.